The van der Waals surface area contributed by atoms with Crippen LogP contribution in [0, 0.1) is 6.92 Å². The summed E-state index contributed by atoms with van der Waals surface area (Å²) in [6, 6.07) is 9.34. The lowest BCUT2D eigenvalue weighted by Crippen LogP contribution is -2.58. The Morgan fingerprint density at radius 3 is 2.64 bits per heavy atom. The summed E-state index contributed by atoms with van der Waals surface area (Å²) in [4.78, 5) is 28.0. The van der Waals surface area contributed by atoms with Crippen LogP contribution in [0.15, 0.2) is 34.9 Å². The van der Waals surface area contributed by atoms with Gasteiger partial charge in [-0.3, -0.25) is 9.59 Å². The number of carbonyl (C=O) groups excluding carboxylic acids is 2. The van der Waals surface area contributed by atoms with Crippen LogP contribution in [-0.4, -0.2) is 45.9 Å². The van der Waals surface area contributed by atoms with Gasteiger partial charge in [-0.2, -0.15) is 0 Å². The van der Waals surface area contributed by atoms with Crippen molar-refractivity contribution < 1.29 is 14.1 Å². The predicted molar refractivity (Wildman–Crippen MR) is 93.6 cm³/mol. The van der Waals surface area contributed by atoms with Crippen LogP contribution < -0.4 is 0 Å². The topological polar surface area (TPSA) is 66.7 Å². The second-order valence-corrected chi connectivity index (χ2v) is 6.50. The number of benzene rings is 1. The minimum atomic E-state index is -0.485. The monoisotopic (exact) mass is 341 g/mol. The van der Waals surface area contributed by atoms with E-state index in [-0.39, 0.29) is 24.9 Å². The summed E-state index contributed by atoms with van der Waals surface area (Å²) >= 11 is 0. The molecule has 1 atom stereocenters. The van der Waals surface area contributed by atoms with Gasteiger partial charge < -0.3 is 14.3 Å². The van der Waals surface area contributed by atoms with Crippen LogP contribution in [0.4, 0.5) is 0 Å². The Balaban J connectivity index is 1.73. The molecule has 1 aliphatic heterocycles. The van der Waals surface area contributed by atoms with Crippen molar-refractivity contribution in [2.45, 2.75) is 39.8 Å². The molecule has 0 spiro atoms. The molecule has 1 fully saturated rings. The third-order valence-electron chi connectivity index (χ3n) is 4.51. The van der Waals surface area contributed by atoms with Crippen LogP contribution in [0.3, 0.4) is 0 Å². The van der Waals surface area contributed by atoms with Gasteiger partial charge in [0.2, 0.25) is 11.8 Å². The minimum Gasteiger partial charge on any atom is -0.359 e. The van der Waals surface area contributed by atoms with Gasteiger partial charge in [-0.25, -0.2) is 0 Å². The number of hydrogen-bond donors (Lipinski definition) is 0. The molecule has 0 bridgehead atoms. The molecule has 1 aliphatic rings. The van der Waals surface area contributed by atoms with Crippen molar-refractivity contribution in [3.8, 4) is 11.3 Å². The minimum absolute atomic E-state index is 0.0141. The molecule has 3 rings (SSSR count). The Bertz CT molecular complexity index is 766. The highest BCUT2D eigenvalue weighted by Crippen LogP contribution is 2.22. The van der Waals surface area contributed by atoms with Crippen molar-refractivity contribution in [1.29, 1.82) is 0 Å². The Labute approximate surface area is 147 Å². The summed E-state index contributed by atoms with van der Waals surface area (Å²) in [5.74, 6) is 0.501. The van der Waals surface area contributed by atoms with Gasteiger partial charge in [0.1, 0.15) is 11.7 Å². The van der Waals surface area contributed by atoms with E-state index in [9.17, 15) is 9.59 Å². The molecule has 132 valence electrons. The number of nitrogens with zero attached hydrogens (tertiary/aromatic N) is 3. The summed E-state index contributed by atoms with van der Waals surface area (Å²) in [5.41, 5.74) is 2.87. The van der Waals surface area contributed by atoms with Crippen LogP contribution in [0.1, 0.15) is 31.6 Å². The molecule has 0 unspecified atom stereocenters. The normalized spacial score (nSPS) is 18.1. The Hall–Kier alpha value is -2.63. The van der Waals surface area contributed by atoms with Crippen LogP contribution in [0.2, 0.25) is 0 Å². The molecule has 1 aromatic carbocycles. The molecule has 25 heavy (non-hydrogen) atoms. The molecule has 0 radical (unpaired) electrons. The summed E-state index contributed by atoms with van der Waals surface area (Å²) in [5, 5.41) is 4.09. The van der Waals surface area contributed by atoms with Crippen LogP contribution in [-0.2, 0) is 16.1 Å². The highest BCUT2D eigenvalue weighted by atomic mass is 16.5. The summed E-state index contributed by atoms with van der Waals surface area (Å²) < 4.78 is 5.39. The molecule has 2 aromatic rings. The van der Waals surface area contributed by atoms with Crippen LogP contribution in [0.5, 0.6) is 0 Å². The second kappa shape index (κ2) is 7.09. The first kappa shape index (κ1) is 17.2. The highest BCUT2D eigenvalue weighted by Gasteiger charge is 2.36. The molecule has 0 aliphatic carbocycles. The van der Waals surface area contributed by atoms with E-state index in [1.54, 1.807) is 16.7 Å². The van der Waals surface area contributed by atoms with Crippen molar-refractivity contribution in [2.24, 2.45) is 0 Å². The zero-order chi connectivity index (χ0) is 18.0. The highest BCUT2D eigenvalue weighted by molar-refractivity contribution is 5.94. The maximum Gasteiger partial charge on any atom is 0.245 e. The first-order valence-corrected chi connectivity index (χ1v) is 8.60. The maximum atomic E-state index is 12.4. The molecule has 0 N–H and O–H groups in total. The van der Waals surface area contributed by atoms with E-state index in [1.807, 2.05) is 44.2 Å². The number of aryl methyl sites for hydroxylation is 1. The van der Waals surface area contributed by atoms with Gasteiger partial charge in [0.15, 0.2) is 5.76 Å². The van der Waals surface area contributed by atoms with Crippen molar-refractivity contribution in [2.75, 3.05) is 13.1 Å². The molecule has 1 aromatic heterocycles. The molecular weight excluding hydrogens is 318 g/mol. The first-order chi connectivity index (χ1) is 12.0. The van der Waals surface area contributed by atoms with Crippen LogP contribution in [0.25, 0.3) is 11.3 Å². The lowest BCUT2D eigenvalue weighted by atomic mass is 10.1. The largest absolute Gasteiger partial charge is 0.359 e. The van der Waals surface area contributed by atoms with E-state index in [2.05, 4.69) is 5.16 Å². The van der Waals surface area contributed by atoms with Gasteiger partial charge in [-0.05, 0) is 20.3 Å². The molecule has 0 saturated carbocycles. The fourth-order valence-corrected chi connectivity index (χ4v) is 3.05. The average Bonchev–Trinajstić information content (AvgIpc) is 3.06. The lowest BCUT2D eigenvalue weighted by Gasteiger charge is -2.38. The molecule has 6 nitrogen and oxygen atoms in total. The predicted octanol–water partition coefficient (Wildman–Crippen LogP) is 2.62. The Morgan fingerprint density at radius 1 is 1.24 bits per heavy atom. The fraction of sp³-hybridized carbons (Fsp3) is 0.421. The number of amides is 2. The van der Waals surface area contributed by atoms with Crippen molar-refractivity contribution >= 4 is 11.8 Å². The van der Waals surface area contributed by atoms with Gasteiger partial charge in [-0.1, -0.05) is 41.9 Å². The second-order valence-electron chi connectivity index (χ2n) is 6.50. The molecule has 1 saturated heterocycles. The van der Waals surface area contributed by atoms with Crippen molar-refractivity contribution in [3.05, 3.63) is 41.7 Å². The van der Waals surface area contributed by atoms with E-state index in [4.69, 9.17) is 4.52 Å². The van der Waals surface area contributed by atoms with E-state index in [1.165, 1.54) is 5.56 Å². The Kier molecular flexibility index (Phi) is 4.88. The quantitative estimate of drug-likeness (QED) is 0.838. The molecule has 6 heteroatoms. The zero-order valence-corrected chi connectivity index (χ0v) is 14.9. The molecule has 2 heterocycles. The number of hydrogen-bond acceptors (Lipinski definition) is 4. The van der Waals surface area contributed by atoms with Crippen molar-refractivity contribution in [1.82, 2.24) is 15.0 Å². The molecule has 2 amide bonds. The van der Waals surface area contributed by atoms with Gasteiger partial charge in [0, 0.05) is 18.2 Å². The standard InChI is InChI=1S/C19H23N3O3/c1-4-9-21-12-18(23)22(14(3)19(21)24)11-16-10-17(20-25-16)15-7-5-13(2)6-8-15/h5-8,10,14H,4,9,11-12H2,1-3H3/t14-/m1/s1. The van der Waals surface area contributed by atoms with Gasteiger partial charge in [0.05, 0.1) is 13.1 Å². The van der Waals surface area contributed by atoms with Gasteiger partial charge in [-0.15, -0.1) is 0 Å². The van der Waals surface area contributed by atoms with E-state index >= 15 is 0 Å². The van der Waals surface area contributed by atoms with Gasteiger partial charge in [0.25, 0.3) is 0 Å². The smallest absolute Gasteiger partial charge is 0.245 e. The third-order valence-corrected chi connectivity index (χ3v) is 4.51. The third kappa shape index (κ3) is 3.57. The van der Waals surface area contributed by atoms with E-state index in [0.29, 0.717) is 12.3 Å². The fourth-order valence-electron chi connectivity index (χ4n) is 3.05. The van der Waals surface area contributed by atoms with Crippen LogP contribution >= 0.6 is 0 Å². The number of carbonyl (C=O) groups is 2. The number of rotatable bonds is 5. The molecular formula is C19H23N3O3. The van der Waals surface area contributed by atoms with E-state index < -0.39 is 6.04 Å². The van der Waals surface area contributed by atoms with E-state index in [0.717, 1.165) is 17.7 Å². The summed E-state index contributed by atoms with van der Waals surface area (Å²) in [7, 11) is 0. The summed E-state index contributed by atoms with van der Waals surface area (Å²) in [6.07, 6.45) is 0.841. The number of aromatic nitrogens is 1. The SMILES string of the molecule is CCCN1CC(=O)N(Cc2cc(-c3ccc(C)cc3)no2)[C@H](C)C1=O. The van der Waals surface area contributed by atoms with Crippen molar-refractivity contribution in [3.63, 3.8) is 0 Å². The average molecular weight is 341 g/mol. The van der Waals surface area contributed by atoms with Gasteiger partial charge >= 0.3 is 0 Å². The maximum absolute atomic E-state index is 12.4. The lowest BCUT2D eigenvalue weighted by molar-refractivity contribution is -0.156. The first-order valence-electron chi connectivity index (χ1n) is 8.60. The number of piperazine rings is 1. The Morgan fingerprint density at radius 2 is 1.96 bits per heavy atom. The summed E-state index contributed by atoms with van der Waals surface area (Å²) in [6.45, 7) is 6.79. The zero-order valence-electron chi connectivity index (χ0n) is 14.9.